The first-order valence-corrected chi connectivity index (χ1v) is 8.58. The molecule has 3 aliphatic rings. The Kier molecular flexibility index (Phi) is 4.98. The number of nitrogens with two attached hydrogens (primary N) is 1. The van der Waals surface area contributed by atoms with Crippen LogP contribution in [-0.2, 0) is 14.3 Å². The number of carbonyl (C=O) groups is 2. The first kappa shape index (κ1) is 15.7. The zero-order valence-corrected chi connectivity index (χ0v) is 13.1. The minimum atomic E-state index is -0.340. The van der Waals surface area contributed by atoms with E-state index < -0.39 is 0 Å². The highest BCUT2D eigenvalue weighted by Crippen LogP contribution is 2.27. The Morgan fingerprint density at radius 3 is 2.68 bits per heavy atom. The van der Waals surface area contributed by atoms with Crippen LogP contribution in [0.4, 0.5) is 0 Å². The van der Waals surface area contributed by atoms with Gasteiger partial charge in [0.2, 0.25) is 11.8 Å². The van der Waals surface area contributed by atoms with E-state index in [1.807, 2.05) is 4.90 Å². The molecule has 0 aromatic carbocycles. The van der Waals surface area contributed by atoms with Crippen LogP contribution in [0.1, 0.15) is 44.9 Å². The van der Waals surface area contributed by atoms with Crippen molar-refractivity contribution in [3.8, 4) is 0 Å². The molecule has 0 spiro atoms. The Morgan fingerprint density at radius 2 is 2.00 bits per heavy atom. The van der Waals surface area contributed by atoms with Gasteiger partial charge in [0.1, 0.15) is 6.04 Å². The molecule has 2 amide bonds. The van der Waals surface area contributed by atoms with Gasteiger partial charge in [0.15, 0.2) is 0 Å². The van der Waals surface area contributed by atoms with Crippen LogP contribution >= 0.6 is 0 Å². The molecule has 3 atom stereocenters. The Labute approximate surface area is 131 Å². The standard InChI is InChI=1S/C16H27N3O3/c17-13-3-1-2-11(13)10-15(20)18-14-4-7-19(16(14)21)12-5-8-22-9-6-12/h11-14H,1-10,17H2,(H,18,20)/t11-,13+,14?/m0/s1. The molecule has 6 heteroatoms. The lowest BCUT2D eigenvalue weighted by molar-refractivity contribution is -0.135. The highest BCUT2D eigenvalue weighted by molar-refractivity contribution is 5.89. The van der Waals surface area contributed by atoms with E-state index in [1.165, 1.54) is 0 Å². The predicted molar refractivity (Wildman–Crippen MR) is 82.0 cm³/mol. The highest BCUT2D eigenvalue weighted by Gasteiger charge is 2.37. The van der Waals surface area contributed by atoms with Gasteiger partial charge in [-0.25, -0.2) is 0 Å². The van der Waals surface area contributed by atoms with Gasteiger partial charge in [0.05, 0.1) is 0 Å². The summed E-state index contributed by atoms with van der Waals surface area (Å²) in [6.07, 6.45) is 6.14. The van der Waals surface area contributed by atoms with Gasteiger partial charge in [0, 0.05) is 38.3 Å². The molecule has 0 aromatic rings. The topological polar surface area (TPSA) is 84.7 Å². The van der Waals surface area contributed by atoms with E-state index in [0.29, 0.717) is 6.42 Å². The molecular weight excluding hydrogens is 282 g/mol. The molecular formula is C16H27N3O3. The molecule has 1 unspecified atom stereocenters. The molecule has 0 radical (unpaired) electrons. The van der Waals surface area contributed by atoms with Gasteiger partial charge in [-0.1, -0.05) is 6.42 Å². The second kappa shape index (κ2) is 6.96. The van der Waals surface area contributed by atoms with Crippen LogP contribution in [0.25, 0.3) is 0 Å². The van der Waals surface area contributed by atoms with Crippen LogP contribution < -0.4 is 11.1 Å². The molecule has 2 heterocycles. The molecule has 1 aliphatic carbocycles. The van der Waals surface area contributed by atoms with Crippen molar-refractivity contribution < 1.29 is 14.3 Å². The molecule has 1 saturated carbocycles. The lowest BCUT2D eigenvalue weighted by Crippen LogP contribution is -2.46. The van der Waals surface area contributed by atoms with Crippen molar-refractivity contribution in [1.82, 2.24) is 10.2 Å². The van der Waals surface area contributed by atoms with Gasteiger partial charge in [-0.05, 0) is 38.0 Å². The van der Waals surface area contributed by atoms with E-state index in [1.54, 1.807) is 0 Å². The monoisotopic (exact) mass is 309 g/mol. The SMILES string of the molecule is N[C@@H]1CCC[C@H]1CC(=O)NC1CCN(C2CCOCC2)C1=O. The Balaban J connectivity index is 1.48. The largest absolute Gasteiger partial charge is 0.381 e. The van der Waals surface area contributed by atoms with Gasteiger partial charge in [-0.2, -0.15) is 0 Å². The van der Waals surface area contributed by atoms with E-state index in [-0.39, 0.29) is 35.9 Å². The molecule has 2 saturated heterocycles. The van der Waals surface area contributed by atoms with Crippen molar-refractivity contribution in [3.63, 3.8) is 0 Å². The third-order valence-electron chi connectivity index (χ3n) is 5.37. The second-order valence-electron chi connectivity index (χ2n) is 6.84. The van der Waals surface area contributed by atoms with Gasteiger partial charge < -0.3 is 20.7 Å². The number of carbonyl (C=O) groups excluding carboxylic acids is 2. The molecule has 3 rings (SSSR count). The highest BCUT2D eigenvalue weighted by atomic mass is 16.5. The average molecular weight is 309 g/mol. The van der Waals surface area contributed by atoms with Crippen molar-refractivity contribution >= 4 is 11.8 Å². The summed E-state index contributed by atoms with van der Waals surface area (Å²) in [5.74, 6) is 0.341. The lowest BCUT2D eigenvalue weighted by Gasteiger charge is -2.31. The number of ether oxygens (including phenoxy) is 1. The zero-order valence-electron chi connectivity index (χ0n) is 13.1. The summed E-state index contributed by atoms with van der Waals surface area (Å²) < 4.78 is 5.35. The summed E-state index contributed by atoms with van der Waals surface area (Å²) in [4.78, 5) is 26.6. The van der Waals surface area contributed by atoms with Gasteiger partial charge in [-0.15, -0.1) is 0 Å². The van der Waals surface area contributed by atoms with Gasteiger partial charge >= 0.3 is 0 Å². The van der Waals surface area contributed by atoms with Crippen LogP contribution in [0.15, 0.2) is 0 Å². The van der Waals surface area contributed by atoms with Crippen LogP contribution in [0.5, 0.6) is 0 Å². The van der Waals surface area contributed by atoms with E-state index >= 15 is 0 Å². The Hall–Kier alpha value is -1.14. The quantitative estimate of drug-likeness (QED) is 0.787. The first-order chi connectivity index (χ1) is 10.6. The number of hydrogen-bond donors (Lipinski definition) is 2. The number of amides is 2. The van der Waals surface area contributed by atoms with Crippen LogP contribution in [0.2, 0.25) is 0 Å². The molecule has 0 aromatic heterocycles. The number of rotatable bonds is 4. The third-order valence-corrected chi connectivity index (χ3v) is 5.37. The normalized spacial score (nSPS) is 33.4. The fourth-order valence-electron chi connectivity index (χ4n) is 4.01. The summed E-state index contributed by atoms with van der Waals surface area (Å²) in [5.41, 5.74) is 6.02. The Morgan fingerprint density at radius 1 is 1.23 bits per heavy atom. The number of nitrogens with zero attached hydrogens (tertiary/aromatic N) is 1. The molecule has 2 aliphatic heterocycles. The molecule has 3 fully saturated rings. The smallest absolute Gasteiger partial charge is 0.245 e. The maximum Gasteiger partial charge on any atom is 0.245 e. The fraction of sp³-hybridized carbons (Fsp3) is 0.875. The zero-order chi connectivity index (χ0) is 15.5. The summed E-state index contributed by atoms with van der Waals surface area (Å²) in [5, 5.41) is 2.93. The number of hydrogen-bond acceptors (Lipinski definition) is 4. The molecule has 6 nitrogen and oxygen atoms in total. The van der Waals surface area contributed by atoms with Crippen LogP contribution in [-0.4, -0.2) is 54.6 Å². The summed E-state index contributed by atoms with van der Waals surface area (Å²) in [7, 11) is 0. The van der Waals surface area contributed by atoms with Crippen molar-refractivity contribution in [2.45, 2.75) is 63.1 Å². The van der Waals surface area contributed by atoms with Crippen LogP contribution in [0.3, 0.4) is 0 Å². The Bertz CT molecular complexity index is 423. The van der Waals surface area contributed by atoms with Crippen molar-refractivity contribution in [3.05, 3.63) is 0 Å². The fourth-order valence-corrected chi connectivity index (χ4v) is 4.01. The van der Waals surface area contributed by atoms with Crippen molar-refractivity contribution in [2.75, 3.05) is 19.8 Å². The van der Waals surface area contributed by atoms with Crippen molar-refractivity contribution in [2.24, 2.45) is 11.7 Å². The molecule has 124 valence electrons. The third kappa shape index (κ3) is 3.43. The minimum Gasteiger partial charge on any atom is -0.381 e. The second-order valence-corrected chi connectivity index (χ2v) is 6.84. The van der Waals surface area contributed by atoms with Crippen LogP contribution in [0, 0.1) is 5.92 Å². The van der Waals surface area contributed by atoms with Crippen molar-refractivity contribution in [1.29, 1.82) is 0 Å². The van der Waals surface area contributed by atoms with Gasteiger partial charge in [0.25, 0.3) is 0 Å². The maximum absolute atomic E-state index is 12.5. The summed E-state index contributed by atoms with van der Waals surface area (Å²) >= 11 is 0. The lowest BCUT2D eigenvalue weighted by atomic mass is 9.99. The minimum absolute atomic E-state index is 0.0190. The van der Waals surface area contributed by atoms with E-state index in [0.717, 1.165) is 58.3 Å². The van der Waals surface area contributed by atoms with Gasteiger partial charge in [-0.3, -0.25) is 9.59 Å². The molecule has 0 bridgehead atoms. The number of nitrogens with one attached hydrogen (secondary N) is 1. The molecule has 3 N–H and O–H groups in total. The predicted octanol–water partition coefficient (Wildman–Crippen LogP) is 0.400. The molecule has 22 heavy (non-hydrogen) atoms. The van der Waals surface area contributed by atoms with E-state index in [9.17, 15) is 9.59 Å². The average Bonchev–Trinajstić information content (AvgIpc) is 3.07. The number of likely N-dealkylation sites (tertiary alicyclic amines) is 1. The summed E-state index contributed by atoms with van der Waals surface area (Å²) in [6, 6.07) is 0.0862. The van der Waals surface area contributed by atoms with E-state index in [2.05, 4.69) is 5.32 Å². The summed E-state index contributed by atoms with van der Waals surface area (Å²) in [6.45, 7) is 2.20. The van der Waals surface area contributed by atoms with E-state index in [4.69, 9.17) is 10.5 Å². The first-order valence-electron chi connectivity index (χ1n) is 8.58. The maximum atomic E-state index is 12.5.